The first-order chi connectivity index (χ1) is 10.7. The molecular weight excluding hydrogens is 266 g/mol. The predicted octanol–water partition coefficient (Wildman–Crippen LogP) is 6.17. The van der Waals surface area contributed by atoms with Gasteiger partial charge in [0.15, 0.2) is 0 Å². The quantitative estimate of drug-likeness (QED) is 0.590. The van der Waals surface area contributed by atoms with E-state index >= 15 is 0 Å². The van der Waals surface area contributed by atoms with Gasteiger partial charge >= 0.3 is 0 Å². The number of unbranched alkanes of at least 4 members (excludes halogenated alkanes) is 2. The Hall–Kier alpha value is -1.29. The molecule has 0 N–H and O–H groups in total. The fraction of sp³-hybridized carbons (Fsp3) is 0.667. The van der Waals surface area contributed by atoms with Gasteiger partial charge < -0.3 is 0 Å². The zero-order valence-corrected chi connectivity index (χ0v) is 14.4. The van der Waals surface area contributed by atoms with Gasteiger partial charge in [-0.25, -0.2) is 0 Å². The molecule has 0 bridgehead atoms. The Kier molecular flexibility index (Phi) is 6.49. The third-order valence-corrected chi connectivity index (χ3v) is 5.46. The van der Waals surface area contributed by atoms with Crippen LogP contribution >= 0.6 is 0 Å². The van der Waals surface area contributed by atoms with Crippen molar-refractivity contribution in [1.82, 2.24) is 0 Å². The fourth-order valence-corrected chi connectivity index (χ4v) is 3.79. The number of hydrogen-bond acceptors (Lipinski definition) is 1. The summed E-state index contributed by atoms with van der Waals surface area (Å²) in [5.74, 6) is 0.852. The van der Waals surface area contributed by atoms with Crippen LogP contribution in [0.25, 0.3) is 0 Å². The van der Waals surface area contributed by atoms with Gasteiger partial charge in [-0.2, -0.15) is 5.26 Å². The van der Waals surface area contributed by atoms with E-state index in [0.29, 0.717) is 0 Å². The predicted molar refractivity (Wildman–Crippen MR) is 93.8 cm³/mol. The van der Waals surface area contributed by atoms with E-state index in [4.69, 9.17) is 0 Å². The van der Waals surface area contributed by atoms with E-state index in [9.17, 15) is 5.26 Å². The van der Waals surface area contributed by atoms with Crippen LogP contribution in [0.1, 0.15) is 82.8 Å². The Morgan fingerprint density at radius 1 is 1.05 bits per heavy atom. The van der Waals surface area contributed by atoms with E-state index in [2.05, 4.69) is 44.2 Å². The molecule has 0 aromatic heterocycles. The zero-order valence-electron chi connectivity index (χ0n) is 14.4. The summed E-state index contributed by atoms with van der Waals surface area (Å²) in [6, 6.07) is 11.6. The van der Waals surface area contributed by atoms with Crippen molar-refractivity contribution >= 4 is 0 Å². The first kappa shape index (κ1) is 17.1. The van der Waals surface area contributed by atoms with Gasteiger partial charge in [-0.05, 0) is 55.6 Å². The van der Waals surface area contributed by atoms with Gasteiger partial charge in [-0.15, -0.1) is 0 Å². The minimum absolute atomic E-state index is 0.216. The summed E-state index contributed by atoms with van der Waals surface area (Å²) < 4.78 is 0. The van der Waals surface area contributed by atoms with Crippen molar-refractivity contribution < 1.29 is 0 Å². The van der Waals surface area contributed by atoms with Crippen molar-refractivity contribution in [3.63, 3.8) is 0 Å². The maximum absolute atomic E-state index is 9.82. The highest BCUT2D eigenvalue weighted by Crippen LogP contribution is 2.42. The second-order valence-electron chi connectivity index (χ2n) is 7.08. The van der Waals surface area contributed by atoms with Crippen LogP contribution in [-0.2, 0) is 11.8 Å². The van der Waals surface area contributed by atoms with Crippen LogP contribution in [0.15, 0.2) is 24.3 Å². The molecule has 1 aliphatic carbocycles. The van der Waals surface area contributed by atoms with Crippen molar-refractivity contribution in [2.24, 2.45) is 5.92 Å². The molecule has 1 aliphatic rings. The second-order valence-corrected chi connectivity index (χ2v) is 7.08. The average Bonchev–Trinajstić information content (AvgIpc) is 2.59. The largest absolute Gasteiger partial charge is 0.197 e. The van der Waals surface area contributed by atoms with Crippen LogP contribution in [-0.4, -0.2) is 0 Å². The number of benzene rings is 1. The van der Waals surface area contributed by atoms with Gasteiger partial charge in [0, 0.05) is 0 Å². The number of aryl methyl sites for hydroxylation is 1. The lowest BCUT2D eigenvalue weighted by atomic mass is 9.67. The highest BCUT2D eigenvalue weighted by molar-refractivity contribution is 5.35. The van der Waals surface area contributed by atoms with Crippen molar-refractivity contribution in [2.45, 2.75) is 83.5 Å². The summed E-state index contributed by atoms with van der Waals surface area (Å²) in [5, 5.41) is 9.82. The number of nitrogens with zero attached hydrogens (tertiary/aromatic N) is 1. The third kappa shape index (κ3) is 4.13. The molecule has 0 atom stereocenters. The van der Waals surface area contributed by atoms with Crippen LogP contribution in [0, 0.1) is 17.2 Å². The molecular formula is C21H31N. The molecule has 22 heavy (non-hydrogen) atoms. The molecule has 1 aromatic carbocycles. The number of nitriles is 1. The van der Waals surface area contributed by atoms with Gasteiger partial charge in [0.1, 0.15) is 0 Å². The average molecular weight is 297 g/mol. The normalized spacial score (nSPS) is 24.9. The molecule has 1 fully saturated rings. The Morgan fingerprint density at radius 3 is 2.23 bits per heavy atom. The Labute approximate surface area is 136 Å². The molecule has 0 heterocycles. The van der Waals surface area contributed by atoms with E-state index in [1.165, 1.54) is 56.1 Å². The summed E-state index contributed by atoms with van der Waals surface area (Å²) in [4.78, 5) is 0. The molecule has 0 saturated heterocycles. The lowest BCUT2D eigenvalue weighted by Gasteiger charge is -2.35. The Morgan fingerprint density at radius 2 is 1.68 bits per heavy atom. The maximum Gasteiger partial charge on any atom is 0.0822 e. The molecule has 1 nitrogen and oxygen atoms in total. The van der Waals surface area contributed by atoms with E-state index in [0.717, 1.165) is 25.2 Å². The van der Waals surface area contributed by atoms with Gasteiger partial charge in [0.2, 0.25) is 0 Å². The smallest absolute Gasteiger partial charge is 0.0822 e. The summed E-state index contributed by atoms with van der Waals surface area (Å²) in [7, 11) is 0. The van der Waals surface area contributed by atoms with Crippen LogP contribution in [0.2, 0.25) is 0 Å². The molecule has 0 amide bonds. The maximum atomic E-state index is 9.82. The van der Waals surface area contributed by atoms with E-state index in [-0.39, 0.29) is 5.41 Å². The monoisotopic (exact) mass is 297 g/mol. The lowest BCUT2D eigenvalue weighted by molar-refractivity contribution is 0.262. The second kappa shape index (κ2) is 8.37. The van der Waals surface area contributed by atoms with Crippen molar-refractivity contribution in [1.29, 1.82) is 5.26 Å². The summed E-state index contributed by atoms with van der Waals surface area (Å²) >= 11 is 0. The van der Waals surface area contributed by atoms with Gasteiger partial charge in [-0.3, -0.25) is 0 Å². The Bertz CT molecular complexity index is 472. The summed E-state index contributed by atoms with van der Waals surface area (Å²) in [6.07, 6.45) is 12.2. The Balaban J connectivity index is 2.01. The summed E-state index contributed by atoms with van der Waals surface area (Å²) in [5.41, 5.74) is 2.45. The highest BCUT2D eigenvalue weighted by atomic mass is 14.4. The first-order valence-corrected chi connectivity index (χ1v) is 9.24. The standard InChI is InChI=1S/C21H31N/c1-3-5-7-18-9-11-20(12-10-18)21(17-22)15-13-19(14-16-21)8-6-4-2/h9-12,19H,3-8,13-16H2,1-2H3/t19-,21+. The third-order valence-electron chi connectivity index (χ3n) is 5.46. The first-order valence-electron chi connectivity index (χ1n) is 9.24. The molecule has 2 rings (SSSR count). The van der Waals surface area contributed by atoms with Crippen LogP contribution < -0.4 is 0 Å². The molecule has 1 aromatic rings. The zero-order chi connectivity index (χ0) is 15.8. The molecule has 0 radical (unpaired) electrons. The minimum Gasteiger partial charge on any atom is -0.197 e. The van der Waals surface area contributed by atoms with Crippen molar-refractivity contribution in [3.8, 4) is 6.07 Å². The highest BCUT2D eigenvalue weighted by Gasteiger charge is 2.36. The SMILES string of the molecule is CCCCc1ccc([C@]2(C#N)CC[C@H](CCCC)CC2)cc1. The van der Waals surface area contributed by atoms with E-state index < -0.39 is 0 Å². The molecule has 1 heteroatoms. The van der Waals surface area contributed by atoms with Crippen molar-refractivity contribution in [2.75, 3.05) is 0 Å². The van der Waals surface area contributed by atoms with Crippen LogP contribution in [0.5, 0.6) is 0 Å². The minimum atomic E-state index is -0.216. The topological polar surface area (TPSA) is 23.8 Å². The van der Waals surface area contributed by atoms with E-state index in [1.807, 2.05) is 0 Å². The van der Waals surface area contributed by atoms with Gasteiger partial charge in [0.05, 0.1) is 11.5 Å². The van der Waals surface area contributed by atoms with E-state index in [1.54, 1.807) is 0 Å². The summed E-state index contributed by atoms with van der Waals surface area (Å²) in [6.45, 7) is 4.50. The molecule has 120 valence electrons. The van der Waals surface area contributed by atoms with Crippen LogP contribution in [0.4, 0.5) is 0 Å². The number of rotatable bonds is 7. The lowest BCUT2D eigenvalue weighted by Crippen LogP contribution is -2.30. The van der Waals surface area contributed by atoms with Gasteiger partial charge in [-0.1, -0.05) is 63.8 Å². The molecule has 1 saturated carbocycles. The molecule has 0 unspecified atom stereocenters. The van der Waals surface area contributed by atoms with Crippen molar-refractivity contribution in [3.05, 3.63) is 35.4 Å². The fourth-order valence-electron chi connectivity index (χ4n) is 3.79. The molecule has 0 aliphatic heterocycles. The number of hydrogen-bond donors (Lipinski definition) is 0. The van der Waals surface area contributed by atoms with Gasteiger partial charge in [0.25, 0.3) is 0 Å². The molecule has 0 spiro atoms. The van der Waals surface area contributed by atoms with Crippen LogP contribution in [0.3, 0.4) is 0 Å².